The molecule has 0 saturated carbocycles. The van der Waals surface area contributed by atoms with Gasteiger partial charge in [-0.25, -0.2) is 4.57 Å². The molecule has 0 fully saturated rings. The Bertz CT molecular complexity index is 1190. The first-order chi connectivity index (χ1) is 29.2. The topological polar surface area (TPSA) is 155 Å². The third-order valence-electron chi connectivity index (χ3n) is 10.1. The molecular weight excluding hydrogens is 778 g/mol. The van der Waals surface area contributed by atoms with Crippen LogP contribution in [0.4, 0.5) is 0 Å². The van der Waals surface area contributed by atoms with Crippen molar-refractivity contribution in [3.63, 3.8) is 0 Å². The van der Waals surface area contributed by atoms with Gasteiger partial charge in [0.1, 0.15) is 12.1 Å². The highest BCUT2D eigenvalue weighted by atomic mass is 31.2. The van der Waals surface area contributed by atoms with Gasteiger partial charge in [-0.15, -0.1) is 0 Å². The fourth-order valence-electron chi connectivity index (χ4n) is 6.40. The van der Waals surface area contributed by atoms with Crippen LogP contribution >= 0.6 is 7.82 Å². The van der Waals surface area contributed by atoms with Gasteiger partial charge >= 0.3 is 19.8 Å². The van der Waals surface area contributed by atoms with E-state index in [0.717, 1.165) is 70.6 Å². The molecule has 0 heterocycles. The molecule has 0 spiro atoms. The second-order valence-electron chi connectivity index (χ2n) is 15.9. The minimum absolute atomic E-state index is 0.0109. The average Bonchev–Trinajstić information content (AvgIpc) is 3.23. The van der Waals surface area contributed by atoms with E-state index in [9.17, 15) is 19.0 Å². The van der Waals surface area contributed by atoms with Gasteiger partial charge in [0, 0.05) is 13.0 Å². The van der Waals surface area contributed by atoms with E-state index in [0.29, 0.717) is 13.0 Å². The first-order valence-corrected chi connectivity index (χ1v) is 25.3. The molecule has 3 atom stereocenters. The zero-order valence-electron chi connectivity index (χ0n) is 38.0. The predicted octanol–water partition coefficient (Wildman–Crippen LogP) is 13.6. The van der Waals surface area contributed by atoms with E-state index in [4.69, 9.17) is 29.4 Å². The Morgan fingerprint density at radius 1 is 0.550 bits per heavy atom. The lowest BCUT2D eigenvalue weighted by atomic mass is 10.0. The summed E-state index contributed by atoms with van der Waals surface area (Å²) in [6.07, 6.45) is 54.1. The number of rotatable bonds is 45. The standard InChI is InChI=1S/C49H88NO9P/c1-3-5-7-9-11-13-15-17-19-20-21-22-23-24-25-26-27-28-30-32-34-36-38-40-42-56-43-46(44-57-60(54,55)58-45-47(50)49(52)53)59-48(51)41-39-37-35-33-31-29-18-16-14-12-10-8-6-4-2/h5,7,11,13,17,19,21-22,24-25,46-47H,3-4,6,8-10,12,14-16,18,20,23,26-45,50H2,1-2H3,(H,52,53)(H,54,55)/b7-5-,13-11-,19-17-,22-21-,25-24-. The second-order valence-corrected chi connectivity index (χ2v) is 17.3. The molecule has 348 valence electrons. The summed E-state index contributed by atoms with van der Waals surface area (Å²) in [4.78, 5) is 33.6. The number of carbonyl (C=O) groups is 2. The Hall–Kier alpha value is -2.33. The Labute approximate surface area is 366 Å². The van der Waals surface area contributed by atoms with Crippen molar-refractivity contribution in [3.8, 4) is 0 Å². The van der Waals surface area contributed by atoms with Crippen molar-refractivity contribution >= 4 is 19.8 Å². The van der Waals surface area contributed by atoms with Crippen LogP contribution in [-0.2, 0) is 32.7 Å². The molecule has 0 aliphatic carbocycles. The summed E-state index contributed by atoms with van der Waals surface area (Å²) >= 11 is 0. The number of nitrogens with two attached hydrogens (primary N) is 1. The Balaban J connectivity index is 4.17. The summed E-state index contributed by atoms with van der Waals surface area (Å²) in [5.41, 5.74) is 5.36. The number of unbranched alkanes of at least 4 members (excludes halogenated alkanes) is 21. The molecule has 0 bridgehead atoms. The van der Waals surface area contributed by atoms with Crippen LogP contribution < -0.4 is 5.73 Å². The monoisotopic (exact) mass is 866 g/mol. The van der Waals surface area contributed by atoms with Gasteiger partial charge in [-0.1, -0.05) is 197 Å². The third-order valence-corrected chi connectivity index (χ3v) is 11.0. The molecule has 0 saturated heterocycles. The molecule has 0 aromatic carbocycles. The first-order valence-electron chi connectivity index (χ1n) is 23.8. The van der Waals surface area contributed by atoms with Crippen LogP contribution in [0.3, 0.4) is 0 Å². The van der Waals surface area contributed by atoms with E-state index in [1.165, 1.54) is 103 Å². The van der Waals surface area contributed by atoms with Gasteiger partial charge in [0.25, 0.3) is 0 Å². The molecular formula is C49H88NO9P. The van der Waals surface area contributed by atoms with Gasteiger partial charge in [-0.05, 0) is 57.8 Å². The predicted molar refractivity (Wildman–Crippen MR) is 249 cm³/mol. The molecule has 4 N–H and O–H groups in total. The number of esters is 1. The fraction of sp³-hybridized carbons (Fsp3) is 0.755. The zero-order chi connectivity index (χ0) is 44.0. The number of ether oxygens (including phenoxy) is 2. The summed E-state index contributed by atoms with van der Waals surface area (Å²) in [6.45, 7) is 3.76. The maximum atomic E-state index is 12.6. The number of phosphoric acid groups is 1. The second kappa shape index (κ2) is 44.7. The molecule has 0 aromatic rings. The van der Waals surface area contributed by atoms with Crippen molar-refractivity contribution < 1.29 is 42.7 Å². The van der Waals surface area contributed by atoms with Gasteiger partial charge in [-0.2, -0.15) is 0 Å². The van der Waals surface area contributed by atoms with Crippen LogP contribution in [0.5, 0.6) is 0 Å². The molecule has 0 amide bonds. The summed E-state index contributed by atoms with van der Waals surface area (Å²) in [6, 6.07) is -1.48. The van der Waals surface area contributed by atoms with Gasteiger partial charge in [0.05, 0.1) is 19.8 Å². The molecule has 60 heavy (non-hydrogen) atoms. The highest BCUT2D eigenvalue weighted by molar-refractivity contribution is 7.47. The molecule has 11 heteroatoms. The number of aliphatic carboxylic acids is 1. The number of carboxylic acid groups (broad SMARTS) is 1. The van der Waals surface area contributed by atoms with Crippen LogP contribution in [-0.4, -0.2) is 60.5 Å². The maximum Gasteiger partial charge on any atom is 0.472 e. The van der Waals surface area contributed by atoms with Crippen molar-refractivity contribution in [2.24, 2.45) is 5.73 Å². The minimum atomic E-state index is -4.62. The third kappa shape index (κ3) is 43.7. The lowest BCUT2D eigenvalue weighted by Gasteiger charge is -2.20. The number of hydrogen-bond donors (Lipinski definition) is 3. The lowest BCUT2D eigenvalue weighted by molar-refractivity contribution is -0.154. The number of carbonyl (C=O) groups excluding carboxylic acids is 1. The molecule has 10 nitrogen and oxygen atoms in total. The van der Waals surface area contributed by atoms with Crippen molar-refractivity contribution in [2.45, 2.75) is 212 Å². The van der Waals surface area contributed by atoms with Crippen LogP contribution in [0.1, 0.15) is 200 Å². The normalized spacial score (nSPS) is 14.3. The van der Waals surface area contributed by atoms with Crippen molar-refractivity contribution in [3.05, 3.63) is 60.8 Å². The number of hydrogen-bond acceptors (Lipinski definition) is 8. The Morgan fingerprint density at radius 2 is 0.967 bits per heavy atom. The van der Waals surface area contributed by atoms with E-state index in [-0.39, 0.29) is 13.0 Å². The van der Waals surface area contributed by atoms with E-state index >= 15 is 0 Å². The van der Waals surface area contributed by atoms with E-state index in [2.05, 4.69) is 74.6 Å². The summed E-state index contributed by atoms with van der Waals surface area (Å²) in [5.74, 6) is -1.78. The van der Waals surface area contributed by atoms with Gasteiger partial charge in [0.15, 0.2) is 0 Å². The van der Waals surface area contributed by atoms with Crippen LogP contribution in [0.25, 0.3) is 0 Å². The van der Waals surface area contributed by atoms with Crippen molar-refractivity contribution in [1.82, 2.24) is 0 Å². The highest BCUT2D eigenvalue weighted by Crippen LogP contribution is 2.43. The smallest absolute Gasteiger partial charge is 0.472 e. The Kier molecular flexibility index (Phi) is 43.0. The lowest BCUT2D eigenvalue weighted by Crippen LogP contribution is -2.34. The van der Waals surface area contributed by atoms with E-state index in [1.54, 1.807) is 0 Å². The SMILES string of the molecule is CC/C=C\C/C=C\C/C=C\C/C=C\C/C=C\CCCCCCCCCCOCC(COP(=O)(O)OCC(N)C(=O)O)OC(=O)CCCCCCCCCCCCCCCC. The van der Waals surface area contributed by atoms with E-state index < -0.39 is 45.1 Å². The molecule has 3 unspecified atom stereocenters. The minimum Gasteiger partial charge on any atom is -0.480 e. The van der Waals surface area contributed by atoms with Gasteiger partial charge in [0.2, 0.25) is 0 Å². The fourth-order valence-corrected chi connectivity index (χ4v) is 7.17. The zero-order valence-corrected chi connectivity index (χ0v) is 38.9. The summed E-state index contributed by atoms with van der Waals surface area (Å²) < 4.78 is 33.4. The van der Waals surface area contributed by atoms with Crippen LogP contribution in [0.2, 0.25) is 0 Å². The summed E-state index contributed by atoms with van der Waals surface area (Å²) in [5, 5.41) is 8.91. The van der Waals surface area contributed by atoms with Gasteiger partial charge in [-0.3, -0.25) is 18.6 Å². The highest BCUT2D eigenvalue weighted by Gasteiger charge is 2.27. The number of allylic oxidation sites excluding steroid dienone is 10. The average molecular weight is 866 g/mol. The quantitative estimate of drug-likeness (QED) is 0.0233. The Morgan fingerprint density at radius 3 is 1.45 bits per heavy atom. The van der Waals surface area contributed by atoms with Crippen molar-refractivity contribution in [1.29, 1.82) is 0 Å². The maximum absolute atomic E-state index is 12.6. The number of carboxylic acids is 1. The number of phosphoric ester groups is 1. The first kappa shape index (κ1) is 57.7. The molecule has 0 radical (unpaired) electrons. The summed E-state index contributed by atoms with van der Waals surface area (Å²) in [7, 11) is -4.62. The molecule has 0 rings (SSSR count). The van der Waals surface area contributed by atoms with Crippen molar-refractivity contribution in [2.75, 3.05) is 26.4 Å². The van der Waals surface area contributed by atoms with Crippen LogP contribution in [0.15, 0.2) is 60.8 Å². The largest absolute Gasteiger partial charge is 0.480 e. The van der Waals surface area contributed by atoms with Crippen LogP contribution in [0, 0.1) is 0 Å². The molecule has 0 aromatic heterocycles. The van der Waals surface area contributed by atoms with Gasteiger partial charge < -0.3 is 25.2 Å². The molecule has 0 aliphatic heterocycles. The molecule has 0 aliphatic rings. The van der Waals surface area contributed by atoms with E-state index in [1.807, 2.05) is 0 Å².